The Morgan fingerprint density at radius 3 is 2.17 bits per heavy atom. The van der Waals surface area contributed by atoms with Gasteiger partial charge in [0.25, 0.3) is 5.91 Å². The largest absolute Gasteiger partial charge is 0.492 e. The average molecular weight is 496 g/mol. The Labute approximate surface area is 171 Å². The first-order valence-electron chi connectivity index (χ1n) is 8.36. The third kappa shape index (κ3) is 5.84. The second-order valence-electron chi connectivity index (χ2n) is 6.40. The summed E-state index contributed by atoms with van der Waals surface area (Å²) in [5.41, 5.74) is 5.62. The highest BCUT2D eigenvalue weighted by molar-refractivity contribution is 7.74. The predicted octanol–water partition coefficient (Wildman–Crippen LogP) is -0.426. The van der Waals surface area contributed by atoms with Gasteiger partial charge < -0.3 is 35.4 Å². The first-order chi connectivity index (χ1) is 13.6. The topological polar surface area (TPSA) is 225 Å². The normalized spacial score (nSPS) is 43.4. The number of rotatable bonds is 6. The SMILES string of the molecule is C/C=C(\C(=O)N(C)C(C)N)[C@@H]1O[C@H](COP2(=O)OP(=O)(O)OP(=O)(O)O2)C(O)[C@@H]1O. The van der Waals surface area contributed by atoms with Crippen LogP contribution in [0, 0.1) is 0 Å². The van der Waals surface area contributed by atoms with Crippen LogP contribution in [0.3, 0.4) is 0 Å². The first-order valence-corrected chi connectivity index (χ1v) is 12.8. The molecule has 1 amide bonds. The minimum absolute atomic E-state index is 0.0335. The van der Waals surface area contributed by atoms with Crippen LogP contribution in [0.15, 0.2) is 11.6 Å². The molecule has 15 nitrogen and oxygen atoms in total. The van der Waals surface area contributed by atoms with E-state index >= 15 is 0 Å². The monoisotopic (exact) mass is 496 g/mol. The van der Waals surface area contributed by atoms with E-state index in [-0.39, 0.29) is 5.57 Å². The molecule has 2 saturated heterocycles. The summed E-state index contributed by atoms with van der Waals surface area (Å²) in [6.07, 6.45) is -5.33. The molecule has 0 bridgehead atoms. The van der Waals surface area contributed by atoms with Gasteiger partial charge in [0.05, 0.1) is 12.8 Å². The van der Waals surface area contributed by atoms with Crippen molar-refractivity contribution in [2.24, 2.45) is 5.73 Å². The number of amides is 1. The molecule has 30 heavy (non-hydrogen) atoms. The van der Waals surface area contributed by atoms with E-state index in [9.17, 15) is 38.5 Å². The van der Waals surface area contributed by atoms with Crippen molar-refractivity contribution in [1.29, 1.82) is 0 Å². The summed E-state index contributed by atoms with van der Waals surface area (Å²) < 4.78 is 57.1. The van der Waals surface area contributed by atoms with Crippen LogP contribution >= 0.6 is 23.5 Å². The second kappa shape index (κ2) is 9.16. The van der Waals surface area contributed by atoms with Gasteiger partial charge in [-0.25, -0.2) is 13.7 Å². The van der Waals surface area contributed by atoms with Gasteiger partial charge in [-0.3, -0.25) is 9.32 Å². The summed E-state index contributed by atoms with van der Waals surface area (Å²) in [6.45, 7) is 2.17. The van der Waals surface area contributed by atoms with Crippen molar-refractivity contribution < 1.29 is 60.7 Å². The zero-order valence-electron chi connectivity index (χ0n) is 16.0. The lowest BCUT2D eigenvalue weighted by Crippen LogP contribution is -2.45. The molecule has 2 heterocycles. The predicted molar refractivity (Wildman–Crippen MR) is 97.3 cm³/mol. The summed E-state index contributed by atoms with van der Waals surface area (Å²) in [5, 5.41) is 20.5. The standard InChI is InChI=1S/C12H23N2O13P3/c1-4-7(12(17)14(3)6(2)13)11-10(16)9(15)8(24-11)5-23-30(22)26-28(18,19)25-29(20,21)27-30/h4,6,8-11,15-16H,5,13H2,1-3H3,(H,18,19)(H,20,21)/b7-4-/t6?,8-,9?,10+,11+/m1/s1. The molecule has 2 fully saturated rings. The minimum Gasteiger partial charge on any atom is -0.387 e. The molecule has 2 aliphatic rings. The average Bonchev–Trinajstić information content (AvgIpc) is 2.85. The number of carbonyl (C=O) groups excluding carboxylic acids is 1. The van der Waals surface area contributed by atoms with Crippen molar-refractivity contribution in [2.75, 3.05) is 13.7 Å². The van der Waals surface area contributed by atoms with Gasteiger partial charge in [-0.2, -0.15) is 12.9 Å². The van der Waals surface area contributed by atoms with E-state index in [1.54, 1.807) is 6.92 Å². The molecule has 0 aromatic rings. The Kier molecular flexibility index (Phi) is 7.87. The number of allylic oxidation sites excluding steroid dienone is 1. The number of hydrogen-bond acceptors (Lipinski definition) is 12. The van der Waals surface area contributed by atoms with Gasteiger partial charge >= 0.3 is 23.5 Å². The van der Waals surface area contributed by atoms with Crippen LogP contribution in [0.4, 0.5) is 0 Å². The van der Waals surface area contributed by atoms with Crippen LogP contribution in [0.25, 0.3) is 0 Å². The molecular formula is C12H23N2O13P3. The molecule has 2 aliphatic heterocycles. The van der Waals surface area contributed by atoms with Gasteiger partial charge in [0, 0.05) is 12.6 Å². The van der Waals surface area contributed by atoms with E-state index in [0.29, 0.717) is 0 Å². The Balaban J connectivity index is 2.12. The molecule has 0 aromatic carbocycles. The smallest absolute Gasteiger partial charge is 0.387 e. The van der Waals surface area contributed by atoms with Crippen molar-refractivity contribution in [3.05, 3.63) is 11.6 Å². The number of nitrogens with two attached hydrogens (primary N) is 1. The number of nitrogens with zero attached hydrogens (tertiary/aromatic N) is 1. The Morgan fingerprint density at radius 2 is 1.70 bits per heavy atom. The number of aliphatic hydroxyl groups is 2. The number of phosphoric acid groups is 3. The van der Waals surface area contributed by atoms with Crippen LogP contribution in [0.2, 0.25) is 0 Å². The van der Waals surface area contributed by atoms with E-state index in [1.807, 2.05) is 0 Å². The zero-order valence-corrected chi connectivity index (χ0v) is 18.7. The van der Waals surface area contributed by atoms with E-state index < -0.39 is 66.6 Å². The number of hydrogen-bond donors (Lipinski definition) is 5. The Morgan fingerprint density at radius 1 is 1.17 bits per heavy atom. The maximum atomic E-state index is 12.5. The number of carbonyl (C=O) groups is 1. The maximum Gasteiger partial charge on any atom is 0.492 e. The van der Waals surface area contributed by atoms with Gasteiger partial charge in [0.15, 0.2) is 0 Å². The van der Waals surface area contributed by atoms with Crippen molar-refractivity contribution in [3.8, 4) is 0 Å². The molecule has 2 rings (SSSR count). The lowest BCUT2D eigenvalue weighted by Gasteiger charge is -2.27. The van der Waals surface area contributed by atoms with Gasteiger partial charge in [0.2, 0.25) is 0 Å². The highest BCUT2D eigenvalue weighted by Crippen LogP contribution is 2.80. The van der Waals surface area contributed by atoms with Crippen molar-refractivity contribution in [2.45, 2.75) is 44.4 Å². The summed E-state index contributed by atoms with van der Waals surface area (Å²) in [5.74, 6) is -0.586. The fourth-order valence-corrected chi connectivity index (χ4v) is 7.52. The molecule has 0 aliphatic carbocycles. The molecule has 6 N–H and O–H groups in total. The van der Waals surface area contributed by atoms with Gasteiger partial charge in [0.1, 0.15) is 24.4 Å². The summed E-state index contributed by atoms with van der Waals surface area (Å²) in [4.78, 5) is 32.1. The summed E-state index contributed by atoms with van der Waals surface area (Å²) >= 11 is 0. The molecular weight excluding hydrogens is 473 g/mol. The van der Waals surface area contributed by atoms with E-state index in [0.717, 1.165) is 0 Å². The number of ether oxygens (including phenoxy) is 1. The molecule has 0 saturated carbocycles. The van der Waals surface area contributed by atoms with E-state index in [2.05, 4.69) is 17.5 Å². The fraction of sp³-hybridized carbons (Fsp3) is 0.750. The van der Waals surface area contributed by atoms with Crippen LogP contribution < -0.4 is 5.73 Å². The lowest BCUT2D eigenvalue weighted by atomic mass is 10.0. The first kappa shape index (κ1) is 25.8. The van der Waals surface area contributed by atoms with Crippen LogP contribution in [0.1, 0.15) is 13.8 Å². The second-order valence-corrected chi connectivity index (χ2v) is 11.4. The van der Waals surface area contributed by atoms with Crippen LogP contribution in [0.5, 0.6) is 0 Å². The van der Waals surface area contributed by atoms with Crippen molar-refractivity contribution in [3.63, 3.8) is 0 Å². The summed E-state index contributed by atoms with van der Waals surface area (Å²) in [7, 11) is -14.1. The number of aliphatic hydroxyl groups excluding tert-OH is 2. The van der Waals surface area contributed by atoms with Gasteiger partial charge in [-0.1, -0.05) is 6.08 Å². The Bertz CT molecular complexity index is 819. The highest BCUT2D eigenvalue weighted by atomic mass is 31.3. The molecule has 0 aromatic heterocycles. The minimum atomic E-state index is -5.23. The van der Waals surface area contributed by atoms with E-state index in [1.165, 1.54) is 24.9 Å². The van der Waals surface area contributed by atoms with Gasteiger partial charge in [-0.05, 0) is 13.8 Å². The summed E-state index contributed by atoms with van der Waals surface area (Å²) in [6, 6.07) is 0. The molecule has 4 unspecified atom stereocenters. The number of likely N-dealkylation sites (N-methyl/N-ethyl adjacent to an activating group) is 1. The third-order valence-corrected chi connectivity index (χ3v) is 9.53. The maximum absolute atomic E-state index is 12.5. The molecule has 18 heteroatoms. The molecule has 0 spiro atoms. The fourth-order valence-electron chi connectivity index (χ4n) is 2.58. The highest BCUT2D eigenvalue weighted by Gasteiger charge is 2.55. The van der Waals surface area contributed by atoms with Crippen molar-refractivity contribution in [1.82, 2.24) is 4.90 Å². The van der Waals surface area contributed by atoms with Crippen LogP contribution in [-0.4, -0.2) is 75.0 Å². The zero-order chi connectivity index (χ0) is 23.1. The van der Waals surface area contributed by atoms with E-state index in [4.69, 9.17) is 10.5 Å². The van der Waals surface area contributed by atoms with Crippen molar-refractivity contribution >= 4 is 29.4 Å². The lowest BCUT2D eigenvalue weighted by molar-refractivity contribution is -0.129. The van der Waals surface area contributed by atoms with Gasteiger partial charge in [-0.15, -0.1) is 0 Å². The molecule has 7 atom stereocenters. The molecule has 0 radical (unpaired) electrons. The third-order valence-electron chi connectivity index (χ3n) is 4.17. The Hall–Kier alpha value is -0.500. The van der Waals surface area contributed by atoms with Crippen LogP contribution in [-0.2, 0) is 40.7 Å². The molecule has 174 valence electrons. The quantitative estimate of drug-likeness (QED) is 0.179.